The molecule has 1 aliphatic rings. The van der Waals surface area contributed by atoms with Crippen molar-refractivity contribution >= 4 is 0 Å². The summed E-state index contributed by atoms with van der Waals surface area (Å²) in [6, 6.07) is 5.78. The van der Waals surface area contributed by atoms with E-state index >= 15 is 0 Å². The number of nitrogens with one attached hydrogen (secondary N) is 1. The van der Waals surface area contributed by atoms with Crippen LogP contribution in [0, 0.1) is 5.82 Å². The molecule has 1 fully saturated rings. The summed E-state index contributed by atoms with van der Waals surface area (Å²) in [5, 5.41) is 3.36. The Morgan fingerprint density at radius 3 is 2.89 bits per heavy atom. The summed E-state index contributed by atoms with van der Waals surface area (Å²) in [6.45, 7) is 6.95. The molecular weight excluding hydrogens is 229 g/mol. The first-order valence-electron chi connectivity index (χ1n) is 6.50. The van der Waals surface area contributed by atoms with E-state index in [9.17, 15) is 4.39 Å². The Morgan fingerprint density at radius 1 is 1.50 bits per heavy atom. The number of benzene rings is 1. The van der Waals surface area contributed by atoms with E-state index < -0.39 is 0 Å². The smallest absolute Gasteiger partial charge is 0.165 e. The van der Waals surface area contributed by atoms with Crippen molar-refractivity contribution in [2.75, 3.05) is 6.61 Å². The Kier molecular flexibility index (Phi) is 4.37. The lowest BCUT2D eigenvalue weighted by atomic mass is 10.2. The molecule has 2 rings (SSSR count). The molecule has 0 bridgehead atoms. The molecule has 1 aliphatic carbocycles. The average molecular weight is 249 g/mol. The van der Waals surface area contributed by atoms with E-state index in [4.69, 9.17) is 4.74 Å². The van der Waals surface area contributed by atoms with E-state index in [0.29, 0.717) is 18.4 Å². The second kappa shape index (κ2) is 6.01. The number of hydrogen-bond donors (Lipinski definition) is 1. The van der Waals surface area contributed by atoms with Gasteiger partial charge in [0.15, 0.2) is 11.6 Å². The maximum atomic E-state index is 13.8. The van der Waals surface area contributed by atoms with Crippen LogP contribution in [-0.4, -0.2) is 12.6 Å². The van der Waals surface area contributed by atoms with E-state index in [-0.39, 0.29) is 5.82 Å². The zero-order valence-corrected chi connectivity index (χ0v) is 10.8. The van der Waals surface area contributed by atoms with Gasteiger partial charge >= 0.3 is 0 Å². The SMILES string of the molecule is C=C(CC)COc1ccc(CNC2CC2)cc1F. The van der Waals surface area contributed by atoms with Gasteiger partial charge in [0.05, 0.1) is 0 Å². The van der Waals surface area contributed by atoms with E-state index in [1.165, 1.54) is 12.8 Å². The van der Waals surface area contributed by atoms with Crippen LogP contribution in [0.15, 0.2) is 30.4 Å². The molecule has 0 spiro atoms. The Balaban J connectivity index is 1.89. The van der Waals surface area contributed by atoms with Crippen molar-refractivity contribution in [2.45, 2.75) is 38.8 Å². The molecule has 0 radical (unpaired) electrons. The minimum atomic E-state index is -0.297. The van der Waals surface area contributed by atoms with Crippen LogP contribution >= 0.6 is 0 Å². The van der Waals surface area contributed by atoms with Crippen LogP contribution in [0.4, 0.5) is 4.39 Å². The van der Waals surface area contributed by atoms with Crippen molar-refractivity contribution in [3.63, 3.8) is 0 Å². The van der Waals surface area contributed by atoms with E-state index in [2.05, 4.69) is 11.9 Å². The number of halogens is 1. The molecule has 1 N–H and O–H groups in total. The fraction of sp³-hybridized carbons (Fsp3) is 0.467. The Morgan fingerprint density at radius 2 is 2.28 bits per heavy atom. The molecule has 18 heavy (non-hydrogen) atoms. The summed E-state index contributed by atoms with van der Waals surface area (Å²) < 4.78 is 19.1. The molecule has 98 valence electrons. The van der Waals surface area contributed by atoms with E-state index in [1.54, 1.807) is 12.1 Å². The van der Waals surface area contributed by atoms with Crippen molar-refractivity contribution in [1.29, 1.82) is 0 Å². The second-order valence-corrected chi connectivity index (χ2v) is 4.81. The highest BCUT2D eigenvalue weighted by molar-refractivity contribution is 5.29. The molecular formula is C15H20FNO. The molecule has 0 atom stereocenters. The third-order valence-corrected chi connectivity index (χ3v) is 3.10. The summed E-state index contributed by atoms with van der Waals surface area (Å²) in [6.07, 6.45) is 3.33. The van der Waals surface area contributed by atoms with Crippen LogP contribution in [0.3, 0.4) is 0 Å². The molecule has 1 saturated carbocycles. The lowest BCUT2D eigenvalue weighted by Crippen LogP contribution is -2.15. The third kappa shape index (κ3) is 3.84. The van der Waals surface area contributed by atoms with Crippen molar-refractivity contribution in [3.8, 4) is 5.75 Å². The summed E-state index contributed by atoms with van der Waals surface area (Å²) in [5.41, 5.74) is 1.93. The summed E-state index contributed by atoms with van der Waals surface area (Å²) >= 11 is 0. The third-order valence-electron chi connectivity index (χ3n) is 3.10. The Bertz CT molecular complexity index is 427. The van der Waals surface area contributed by atoms with Gasteiger partial charge in [-0.15, -0.1) is 0 Å². The highest BCUT2D eigenvalue weighted by Crippen LogP contribution is 2.22. The number of rotatable bonds is 7. The van der Waals surface area contributed by atoms with Gasteiger partial charge in [-0.2, -0.15) is 0 Å². The maximum Gasteiger partial charge on any atom is 0.165 e. The van der Waals surface area contributed by atoms with Gasteiger partial charge in [-0.3, -0.25) is 0 Å². The molecule has 0 unspecified atom stereocenters. The predicted molar refractivity (Wildman–Crippen MR) is 71.2 cm³/mol. The topological polar surface area (TPSA) is 21.3 Å². The maximum absolute atomic E-state index is 13.8. The highest BCUT2D eigenvalue weighted by Gasteiger charge is 2.20. The lowest BCUT2D eigenvalue weighted by molar-refractivity contribution is 0.329. The second-order valence-electron chi connectivity index (χ2n) is 4.81. The summed E-state index contributed by atoms with van der Waals surface area (Å²) in [4.78, 5) is 0. The van der Waals surface area contributed by atoms with Crippen molar-refractivity contribution < 1.29 is 9.13 Å². The van der Waals surface area contributed by atoms with Gasteiger partial charge in [0, 0.05) is 12.6 Å². The zero-order valence-electron chi connectivity index (χ0n) is 10.8. The van der Waals surface area contributed by atoms with Crippen molar-refractivity contribution in [3.05, 3.63) is 41.7 Å². The minimum absolute atomic E-state index is 0.297. The quantitative estimate of drug-likeness (QED) is 0.748. The zero-order chi connectivity index (χ0) is 13.0. The Labute approximate surface area is 108 Å². The standard InChI is InChI=1S/C15H20FNO/c1-3-11(2)10-18-15-7-4-12(8-14(15)16)9-17-13-5-6-13/h4,7-8,13,17H,2-3,5-6,9-10H2,1H3. The van der Waals surface area contributed by atoms with Crippen molar-refractivity contribution in [2.24, 2.45) is 0 Å². The number of hydrogen-bond acceptors (Lipinski definition) is 2. The molecule has 3 heteroatoms. The fourth-order valence-corrected chi connectivity index (χ4v) is 1.60. The molecule has 0 heterocycles. The van der Waals surface area contributed by atoms with Gasteiger partial charge in [0.2, 0.25) is 0 Å². The van der Waals surface area contributed by atoms with Gasteiger partial charge in [0.1, 0.15) is 6.61 Å². The Hall–Kier alpha value is -1.35. The summed E-state index contributed by atoms with van der Waals surface area (Å²) in [7, 11) is 0. The van der Waals surface area contributed by atoms with Gasteiger partial charge in [-0.1, -0.05) is 19.6 Å². The van der Waals surface area contributed by atoms with E-state index in [1.807, 2.05) is 13.0 Å². The van der Waals surface area contributed by atoms with E-state index in [0.717, 1.165) is 24.1 Å². The van der Waals surface area contributed by atoms with Gasteiger partial charge < -0.3 is 10.1 Å². The fourth-order valence-electron chi connectivity index (χ4n) is 1.60. The molecule has 0 amide bonds. The molecule has 1 aromatic carbocycles. The van der Waals surface area contributed by atoms with Crippen LogP contribution in [0.5, 0.6) is 5.75 Å². The van der Waals surface area contributed by atoms with Gasteiger partial charge in [-0.05, 0) is 42.5 Å². The average Bonchev–Trinajstić information content (AvgIpc) is 3.18. The first kappa shape index (κ1) is 13.1. The summed E-state index contributed by atoms with van der Waals surface area (Å²) in [5.74, 6) is 0.00812. The van der Waals surface area contributed by atoms with Gasteiger partial charge in [0.25, 0.3) is 0 Å². The van der Waals surface area contributed by atoms with Crippen molar-refractivity contribution in [1.82, 2.24) is 5.32 Å². The molecule has 1 aromatic rings. The molecule has 2 nitrogen and oxygen atoms in total. The highest BCUT2D eigenvalue weighted by atomic mass is 19.1. The molecule has 0 aliphatic heterocycles. The lowest BCUT2D eigenvalue weighted by Gasteiger charge is -2.10. The monoisotopic (exact) mass is 249 g/mol. The first-order chi connectivity index (χ1) is 8.69. The number of ether oxygens (including phenoxy) is 1. The molecule has 0 aromatic heterocycles. The van der Waals surface area contributed by atoms with Crippen LogP contribution < -0.4 is 10.1 Å². The van der Waals surface area contributed by atoms with Crippen LogP contribution in [0.25, 0.3) is 0 Å². The van der Waals surface area contributed by atoms with Crippen LogP contribution in [-0.2, 0) is 6.54 Å². The first-order valence-corrected chi connectivity index (χ1v) is 6.50. The normalized spacial score (nSPS) is 14.6. The minimum Gasteiger partial charge on any atom is -0.486 e. The largest absolute Gasteiger partial charge is 0.486 e. The van der Waals surface area contributed by atoms with Gasteiger partial charge in [-0.25, -0.2) is 4.39 Å². The van der Waals surface area contributed by atoms with Crippen LogP contribution in [0.2, 0.25) is 0 Å². The predicted octanol–water partition coefficient (Wildman–Crippen LogP) is 3.42. The van der Waals surface area contributed by atoms with Crippen LogP contribution in [0.1, 0.15) is 31.7 Å². The molecule has 0 saturated heterocycles.